The van der Waals surface area contributed by atoms with Crippen molar-refractivity contribution in [3.05, 3.63) is 0 Å². The average molecular weight is 259 g/mol. The molecule has 1 saturated heterocycles. The molecule has 1 fully saturated rings. The van der Waals surface area contributed by atoms with Gasteiger partial charge in [-0.2, -0.15) is 0 Å². The zero-order valence-electron chi connectivity index (χ0n) is 12.1. The highest BCUT2D eigenvalue weighted by Crippen LogP contribution is 2.19. The van der Waals surface area contributed by atoms with E-state index >= 15 is 0 Å². The summed E-state index contributed by atoms with van der Waals surface area (Å²) in [5.74, 6) is 0. The summed E-state index contributed by atoms with van der Waals surface area (Å²) in [7, 11) is 0. The van der Waals surface area contributed by atoms with Crippen LogP contribution >= 0.6 is 0 Å². The molecule has 0 N–H and O–H groups in total. The molecule has 0 aromatic carbocycles. The summed E-state index contributed by atoms with van der Waals surface area (Å²) in [6.45, 7) is 11.8. The lowest BCUT2D eigenvalue weighted by Gasteiger charge is -2.24. The summed E-state index contributed by atoms with van der Waals surface area (Å²) in [4.78, 5) is 13.6. The quantitative estimate of drug-likeness (QED) is 0.775. The number of hydrogen-bond donors (Lipinski definition) is 0. The van der Waals surface area contributed by atoms with E-state index in [1.165, 1.54) is 0 Å². The van der Waals surface area contributed by atoms with Crippen LogP contribution < -0.4 is 0 Å². The van der Waals surface area contributed by atoms with Crippen molar-refractivity contribution in [3.63, 3.8) is 0 Å². The fourth-order valence-electron chi connectivity index (χ4n) is 1.97. The number of nitrogens with zero attached hydrogens (tertiary/aromatic N) is 1. The molecule has 5 nitrogen and oxygen atoms in total. The van der Waals surface area contributed by atoms with Gasteiger partial charge in [0.15, 0.2) is 0 Å². The number of rotatable bonds is 4. The first kappa shape index (κ1) is 15.2. The highest BCUT2D eigenvalue weighted by molar-refractivity contribution is 5.68. The SMILES string of the molecule is CCOC1CN(C(=O)OC(C)(C)C)CC1OCC. The molecule has 1 heterocycles. The molecule has 106 valence electrons. The second-order valence-corrected chi connectivity index (χ2v) is 5.37. The van der Waals surface area contributed by atoms with Gasteiger partial charge in [-0.05, 0) is 34.6 Å². The summed E-state index contributed by atoms with van der Waals surface area (Å²) in [6.07, 6.45) is -0.403. The maximum Gasteiger partial charge on any atom is 0.410 e. The van der Waals surface area contributed by atoms with Crippen LogP contribution in [0.4, 0.5) is 4.79 Å². The Labute approximate surface area is 109 Å². The van der Waals surface area contributed by atoms with Crippen LogP contribution in [0.1, 0.15) is 34.6 Å². The minimum atomic E-state index is -0.470. The monoisotopic (exact) mass is 259 g/mol. The third-order valence-electron chi connectivity index (χ3n) is 2.63. The number of carbonyl (C=O) groups excluding carboxylic acids is 1. The van der Waals surface area contributed by atoms with Crippen molar-refractivity contribution in [2.75, 3.05) is 26.3 Å². The lowest BCUT2D eigenvalue weighted by atomic mass is 10.2. The fourth-order valence-corrected chi connectivity index (χ4v) is 1.97. The van der Waals surface area contributed by atoms with E-state index in [-0.39, 0.29) is 18.3 Å². The molecule has 0 aliphatic carbocycles. The zero-order valence-corrected chi connectivity index (χ0v) is 12.1. The first-order valence-corrected chi connectivity index (χ1v) is 6.58. The second-order valence-electron chi connectivity index (χ2n) is 5.37. The van der Waals surface area contributed by atoms with Gasteiger partial charge in [-0.25, -0.2) is 4.79 Å². The predicted molar refractivity (Wildman–Crippen MR) is 68.6 cm³/mol. The molecule has 18 heavy (non-hydrogen) atoms. The Balaban J connectivity index is 2.56. The van der Waals surface area contributed by atoms with E-state index < -0.39 is 5.60 Å². The van der Waals surface area contributed by atoms with Gasteiger partial charge < -0.3 is 19.1 Å². The van der Waals surface area contributed by atoms with Crippen molar-refractivity contribution < 1.29 is 19.0 Å². The highest BCUT2D eigenvalue weighted by Gasteiger charge is 2.38. The topological polar surface area (TPSA) is 48.0 Å². The van der Waals surface area contributed by atoms with E-state index in [4.69, 9.17) is 14.2 Å². The molecule has 2 atom stereocenters. The van der Waals surface area contributed by atoms with E-state index in [0.717, 1.165) is 0 Å². The molecule has 0 saturated carbocycles. The van der Waals surface area contributed by atoms with Gasteiger partial charge in [-0.1, -0.05) is 0 Å². The Bertz CT molecular complexity index is 261. The molecular weight excluding hydrogens is 234 g/mol. The first-order chi connectivity index (χ1) is 8.37. The highest BCUT2D eigenvalue weighted by atomic mass is 16.6. The summed E-state index contributed by atoms with van der Waals surface area (Å²) in [5, 5.41) is 0. The molecule has 0 aromatic rings. The molecule has 1 rings (SSSR count). The van der Waals surface area contributed by atoms with E-state index in [1.807, 2.05) is 34.6 Å². The maximum atomic E-state index is 12.0. The number of amides is 1. The van der Waals surface area contributed by atoms with Gasteiger partial charge in [-0.3, -0.25) is 0 Å². The molecule has 0 spiro atoms. The summed E-state index contributed by atoms with van der Waals surface area (Å²) in [6, 6.07) is 0. The van der Waals surface area contributed by atoms with Crippen molar-refractivity contribution in [2.24, 2.45) is 0 Å². The second kappa shape index (κ2) is 6.38. The molecular formula is C13H25NO4. The van der Waals surface area contributed by atoms with Crippen LogP contribution in [0.3, 0.4) is 0 Å². The van der Waals surface area contributed by atoms with Crippen LogP contribution in [0, 0.1) is 0 Å². The molecule has 0 aromatic heterocycles. The summed E-state index contributed by atoms with van der Waals surface area (Å²) >= 11 is 0. The Hall–Kier alpha value is -0.810. The Morgan fingerprint density at radius 2 is 1.56 bits per heavy atom. The number of hydrogen-bond acceptors (Lipinski definition) is 4. The summed E-state index contributed by atoms with van der Waals surface area (Å²) in [5.41, 5.74) is -0.470. The minimum absolute atomic E-state index is 0.0533. The van der Waals surface area contributed by atoms with Gasteiger partial charge in [-0.15, -0.1) is 0 Å². The van der Waals surface area contributed by atoms with Crippen LogP contribution in [0.2, 0.25) is 0 Å². The van der Waals surface area contributed by atoms with Crippen LogP contribution in [-0.4, -0.2) is 55.1 Å². The Kier molecular flexibility index (Phi) is 5.41. The van der Waals surface area contributed by atoms with Crippen molar-refractivity contribution in [2.45, 2.75) is 52.4 Å². The van der Waals surface area contributed by atoms with Crippen molar-refractivity contribution in [3.8, 4) is 0 Å². The lowest BCUT2D eigenvalue weighted by Crippen LogP contribution is -2.36. The van der Waals surface area contributed by atoms with Crippen molar-refractivity contribution in [1.29, 1.82) is 0 Å². The maximum absolute atomic E-state index is 12.0. The molecule has 2 unspecified atom stereocenters. The first-order valence-electron chi connectivity index (χ1n) is 6.58. The van der Waals surface area contributed by atoms with Crippen LogP contribution in [0.15, 0.2) is 0 Å². The molecule has 1 aliphatic rings. The van der Waals surface area contributed by atoms with Crippen molar-refractivity contribution >= 4 is 6.09 Å². The normalized spacial score (nSPS) is 24.4. The minimum Gasteiger partial charge on any atom is -0.444 e. The average Bonchev–Trinajstić information content (AvgIpc) is 2.61. The van der Waals surface area contributed by atoms with E-state index in [2.05, 4.69) is 0 Å². The van der Waals surface area contributed by atoms with E-state index in [9.17, 15) is 4.79 Å². The predicted octanol–water partition coefficient (Wildman–Crippen LogP) is 2.05. The van der Waals surface area contributed by atoms with Crippen LogP contribution in [0.25, 0.3) is 0 Å². The molecule has 1 amide bonds. The van der Waals surface area contributed by atoms with Gasteiger partial charge in [0.25, 0.3) is 0 Å². The van der Waals surface area contributed by atoms with Gasteiger partial charge in [0.1, 0.15) is 17.8 Å². The van der Waals surface area contributed by atoms with Crippen LogP contribution in [-0.2, 0) is 14.2 Å². The Morgan fingerprint density at radius 3 is 1.89 bits per heavy atom. The molecule has 0 radical (unpaired) electrons. The largest absolute Gasteiger partial charge is 0.444 e. The Morgan fingerprint density at radius 1 is 1.11 bits per heavy atom. The third kappa shape index (κ3) is 4.46. The number of likely N-dealkylation sites (tertiary alicyclic amines) is 1. The van der Waals surface area contributed by atoms with Crippen LogP contribution in [0.5, 0.6) is 0 Å². The number of ether oxygens (including phenoxy) is 3. The van der Waals surface area contributed by atoms with Crippen molar-refractivity contribution in [1.82, 2.24) is 4.90 Å². The summed E-state index contributed by atoms with van der Waals surface area (Å²) < 4.78 is 16.6. The van der Waals surface area contributed by atoms with Gasteiger partial charge >= 0.3 is 6.09 Å². The number of carbonyl (C=O) groups is 1. The lowest BCUT2D eigenvalue weighted by molar-refractivity contribution is -0.0388. The van der Waals surface area contributed by atoms with E-state index in [1.54, 1.807) is 4.90 Å². The third-order valence-corrected chi connectivity index (χ3v) is 2.63. The fraction of sp³-hybridized carbons (Fsp3) is 0.923. The van der Waals surface area contributed by atoms with Gasteiger partial charge in [0.2, 0.25) is 0 Å². The van der Waals surface area contributed by atoms with Gasteiger partial charge in [0.05, 0.1) is 13.1 Å². The zero-order chi connectivity index (χ0) is 13.8. The van der Waals surface area contributed by atoms with Gasteiger partial charge in [0, 0.05) is 13.2 Å². The molecule has 5 heteroatoms. The standard InChI is InChI=1S/C13H25NO4/c1-6-16-10-8-14(9-11(10)17-7-2)12(15)18-13(3,4)5/h10-11H,6-9H2,1-5H3. The molecule has 0 bridgehead atoms. The van der Waals surface area contributed by atoms with E-state index in [0.29, 0.717) is 26.3 Å². The molecule has 1 aliphatic heterocycles. The smallest absolute Gasteiger partial charge is 0.410 e.